The van der Waals surface area contributed by atoms with E-state index in [4.69, 9.17) is 9.15 Å². The highest BCUT2D eigenvalue weighted by molar-refractivity contribution is 5.76. The highest BCUT2D eigenvalue weighted by atomic mass is 16.5. The maximum Gasteiger partial charge on any atom is 0.222 e. The molecule has 2 aliphatic heterocycles. The predicted molar refractivity (Wildman–Crippen MR) is 102 cm³/mol. The molecule has 1 spiro atoms. The Kier molecular flexibility index (Phi) is 5.64. The molecule has 0 aliphatic carbocycles. The molecule has 2 fully saturated rings. The Morgan fingerprint density at radius 3 is 3.00 bits per heavy atom. The average Bonchev–Trinajstić information content (AvgIpc) is 3.33. The Bertz CT molecular complexity index is 713. The quantitative estimate of drug-likeness (QED) is 0.878. The van der Waals surface area contributed by atoms with Crippen molar-refractivity contribution >= 4 is 5.91 Å². The zero-order valence-corrected chi connectivity index (χ0v) is 15.9. The number of aromatic nitrogens is 1. The fraction of sp³-hybridized carbons (Fsp3) is 0.571. The molecule has 2 aromatic rings. The summed E-state index contributed by atoms with van der Waals surface area (Å²) in [4.78, 5) is 20.3. The normalized spacial score (nSPS) is 24.2. The highest BCUT2D eigenvalue weighted by Gasteiger charge is 2.38. The summed E-state index contributed by atoms with van der Waals surface area (Å²) in [5, 5.41) is 0. The highest BCUT2D eigenvalue weighted by Crippen LogP contribution is 2.31. The van der Waals surface area contributed by atoms with E-state index in [0.29, 0.717) is 6.42 Å². The number of ether oxygens (including phenoxy) is 1. The molecule has 6 heteroatoms. The van der Waals surface area contributed by atoms with E-state index in [-0.39, 0.29) is 11.5 Å². The van der Waals surface area contributed by atoms with Crippen LogP contribution in [0.25, 0.3) is 0 Å². The van der Waals surface area contributed by atoms with E-state index in [1.807, 2.05) is 35.6 Å². The number of hydrogen-bond donors (Lipinski definition) is 1. The van der Waals surface area contributed by atoms with E-state index in [2.05, 4.69) is 9.88 Å². The Labute approximate surface area is 160 Å². The van der Waals surface area contributed by atoms with E-state index >= 15 is 0 Å². The number of H-pyrrole nitrogens is 1. The van der Waals surface area contributed by atoms with Crippen molar-refractivity contribution < 1.29 is 13.9 Å². The Morgan fingerprint density at radius 2 is 2.19 bits per heavy atom. The number of amides is 1. The molecule has 4 heterocycles. The smallest absolute Gasteiger partial charge is 0.222 e. The lowest BCUT2D eigenvalue weighted by molar-refractivity contribution is -0.132. The largest absolute Gasteiger partial charge is 0.472 e. The third-order valence-corrected chi connectivity index (χ3v) is 5.83. The molecule has 1 amide bonds. The summed E-state index contributed by atoms with van der Waals surface area (Å²) in [5.74, 6) is 0.257. The molecule has 6 nitrogen and oxygen atoms in total. The van der Waals surface area contributed by atoms with Crippen molar-refractivity contribution in [3.8, 4) is 0 Å². The topological polar surface area (TPSA) is 61.7 Å². The number of aromatic amines is 1. The van der Waals surface area contributed by atoms with Gasteiger partial charge in [0, 0.05) is 56.6 Å². The second-order valence-electron chi connectivity index (χ2n) is 7.80. The summed E-state index contributed by atoms with van der Waals surface area (Å²) in [6.45, 7) is 5.19. The molecule has 0 saturated carbocycles. The lowest BCUT2D eigenvalue weighted by Crippen LogP contribution is -2.51. The molecular formula is C21H29N3O3. The van der Waals surface area contributed by atoms with Crippen LogP contribution >= 0.6 is 0 Å². The molecule has 1 atom stereocenters. The maximum atomic E-state index is 12.6. The summed E-state index contributed by atoms with van der Waals surface area (Å²) in [5.41, 5.74) is 2.22. The van der Waals surface area contributed by atoms with E-state index in [1.165, 1.54) is 5.56 Å². The van der Waals surface area contributed by atoms with Gasteiger partial charge in [-0.05, 0) is 43.9 Å². The van der Waals surface area contributed by atoms with Gasteiger partial charge in [-0.2, -0.15) is 0 Å². The zero-order valence-electron chi connectivity index (χ0n) is 15.9. The van der Waals surface area contributed by atoms with Crippen LogP contribution in [0.1, 0.15) is 36.9 Å². The number of carbonyl (C=O) groups excluding carboxylic acids is 1. The summed E-state index contributed by atoms with van der Waals surface area (Å²) >= 11 is 0. The number of carbonyl (C=O) groups is 1. The molecule has 0 bridgehead atoms. The zero-order chi connectivity index (χ0) is 18.5. The fourth-order valence-corrected chi connectivity index (χ4v) is 4.34. The van der Waals surface area contributed by atoms with Gasteiger partial charge in [-0.3, -0.25) is 9.69 Å². The predicted octanol–water partition coefficient (Wildman–Crippen LogP) is 2.82. The fourth-order valence-electron chi connectivity index (χ4n) is 4.34. The SMILES string of the molecule is O=C(CCc1ccc[nH]1)N1CCCC2(CC1)CN(Cc1ccoc1)CCO2. The second kappa shape index (κ2) is 8.31. The van der Waals surface area contributed by atoms with Crippen molar-refractivity contribution in [3.63, 3.8) is 0 Å². The van der Waals surface area contributed by atoms with Gasteiger partial charge < -0.3 is 19.0 Å². The molecule has 2 saturated heterocycles. The molecule has 2 aromatic heterocycles. The summed E-state index contributed by atoms with van der Waals surface area (Å²) in [6, 6.07) is 6.04. The number of rotatable bonds is 5. The van der Waals surface area contributed by atoms with Gasteiger partial charge in [-0.15, -0.1) is 0 Å². The van der Waals surface area contributed by atoms with Gasteiger partial charge in [0.05, 0.1) is 24.7 Å². The first kappa shape index (κ1) is 18.3. The van der Waals surface area contributed by atoms with Crippen molar-refractivity contribution in [1.82, 2.24) is 14.8 Å². The van der Waals surface area contributed by atoms with Crippen LogP contribution in [0.15, 0.2) is 41.3 Å². The second-order valence-corrected chi connectivity index (χ2v) is 7.80. The van der Waals surface area contributed by atoms with E-state index < -0.39 is 0 Å². The Morgan fingerprint density at radius 1 is 1.22 bits per heavy atom. The van der Waals surface area contributed by atoms with Crippen molar-refractivity contribution in [3.05, 3.63) is 48.2 Å². The number of nitrogens with zero attached hydrogens (tertiary/aromatic N) is 2. The Balaban J connectivity index is 1.31. The van der Waals surface area contributed by atoms with Gasteiger partial charge >= 0.3 is 0 Å². The third kappa shape index (κ3) is 4.62. The minimum atomic E-state index is -0.115. The van der Waals surface area contributed by atoms with Crippen molar-refractivity contribution in [2.24, 2.45) is 0 Å². The van der Waals surface area contributed by atoms with Crippen LogP contribution in [-0.4, -0.2) is 59.1 Å². The van der Waals surface area contributed by atoms with Crippen LogP contribution in [-0.2, 0) is 22.5 Å². The first-order valence-electron chi connectivity index (χ1n) is 10.00. The van der Waals surface area contributed by atoms with E-state index in [1.54, 1.807) is 6.26 Å². The first-order valence-corrected chi connectivity index (χ1v) is 10.00. The molecule has 0 aromatic carbocycles. The molecule has 1 N–H and O–H groups in total. The van der Waals surface area contributed by atoms with Gasteiger partial charge in [0.15, 0.2) is 0 Å². The number of morpholine rings is 1. The van der Waals surface area contributed by atoms with Crippen LogP contribution in [0.2, 0.25) is 0 Å². The monoisotopic (exact) mass is 371 g/mol. The molecule has 27 heavy (non-hydrogen) atoms. The molecule has 4 rings (SSSR count). The minimum absolute atomic E-state index is 0.115. The maximum absolute atomic E-state index is 12.6. The van der Waals surface area contributed by atoms with Gasteiger partial charge in [0.25, 0.3) is 0 Å². The van der Waals surface area contributed by atoms with Crippen molar-refractivity contribution in [1.29, 1.82) is 0 Å². The first-order chi connectivity index (χ1) is 13.2. The minimum Gasteiger partial charge on any atom is -0.472 e. The summed E-state index contributed by atoms with van der Waals surface area (Å²) in [6.07, 6.45) is 9.76. The van der Waals surface area contributed by atoms with Crippen LogP contribution in [0.5, 0.6) is 0 Å². The van der Waals surface area contributed by atoms with Crippen LogP contribution in [0.3, 0.4) is 0 Å². The van der Waals surface area contributed by atoms with E-state index in [9.17, 15) is 4.79 Å². The molecule has 146 valence electrons. The summed E-state index contributed by atoms with van der Waals surface area (Å²) < 4.78 is 11.5. The average molecular weight is 371 g/mol. The summed E-state index contributed by atoms with van der Waals surface area (Å²) in [7, 11) is 0. The number of hydrogen-bond acceptors (Lipinski definition) is 4. The van der Waals surface area contributed by atoms with Gasteiger partial charge in [-0.1, -0.05) is 0 Å². The standard InChI is InChI=1S/C21H29N3O3/c25-20(5-4-19-3-1-9-22-19)24-10-2-7-21(8-11-24)17-23(12-14-27-21)15-18-6-13-26-16-18/h1,3,6,9,13,16,22H,2,4-5,7-8,10-12,14-15,17H2. The Hall–Kier alpha value is -2.05. The van der Waals surface area contributed by atoms with Gasteiger partial charge in [-0.25, -0.2) is 0 Å². The van der Waals surface area contributed by atoms with Crippen molar-refractivity contribution in [2.75, 3.05) is 32.8 Å². The van der Waals surface area contributed by atoms with Crippen LogP contribution in [0.4, 0.5) is 0 Å². The van der Waals surface area contributed by atoms with Crippen LogP contribution in [0, 0.1) is 0 Å². The number of furan rings is 1. The van der Waals surface area contributed by atoms with Crippen molar-refractivity contribution in [2.45, 2.75) is 44.2 Å². The van der Waals surface area contributed by atoms with Gasteiger partial charge in [0.2, 0.25) is 5.91 Å². The van der Waals surface area contributed by atoms with Crippen LogP contribution < -0.4 is 0 Å². The molecule has 0 radical (unpaired) electrons. The van der Waals surface area contributed by atoms with E-state index in [0.717, 1.165) is 70.7 Å². The number of nitrogens with one attached hydrogen (secondary N) is 1. The molecule has 1 unspecified atom stereocenters. The van der Waals surface area contributed by atoms with Gasteiger partial charge in [0.1, 0.15) is 0 Å². The molecular weight excluding hydrogens is 342 g/mol. The lowest BCUT2D eigenvalue weighted by atomic mass is 9.92. The molecule has 2 aliphatic rings. The third-order valence-electron chi connectivity index (χ3n) is 5.83. The number of likely N-dealkylation sites (tertiary alicyclic amines) is 1. The lowest BCUT2D eigenvalue weighted by Gasteiger charge is -2.42. The number of aryl methyl sites for hydroxylation is 1.